The maximum atomic E-state index is 13.8. The summed E-state index contributed by atoms with van der Waals surface area (Å²) in [4.78, 5) is 8.32. The van der Waals surface area contributed by atoms with Gasteiger partial charge in [-0.05, 0) is 30.7 Å². The number of likely N-dealkylation sites (N-methyl/N-ethyl adjacent to an activating group) is 1. The molecule has 1 N–H and O–H groups in total. The summed E-state index contributed by atoms with van der Waals surface area (Å²) in [6, 6.07) is 4.67. The summed E-state index contributed by atoms with van der Waals surface area (Å²) in [5.41, 5.74) is 1.42. The Balaban J connectivity index is 2.21. The zero-order valence-corrected chi connectivity index (χ0v) is 11.4. The van der Waals surface area contributed by atoms with Crippen LogP contribution < -0.4 is 5.32 Å². The Kier molecular flexibility index (Phi) is 4.82. The van der Waals surface area contributed by atoms with Gasteiger partial charge in [0.2, 0.25) is 0 Å². The van der Waals surface area contributed by atoms with Crippen LogP contribution in [0.4, 0.5) is 4.39 Å². The molecule has 1 atom stereocenters. The van der Waals surface area contributed by atoms with Crippen LogP contribution in [0.5, 0.6) is 0 Å². The van der Waals surface area contributed by atoms with Gasteiger partial charge in [-0.25, -0.2) is 4.39 Å². The van der Waals surface area contributed by atoms with Gasteiger partial charge in [0, 0.05) is 23.6 Å². The van der Waals surface area contributed by atoms with E-state index in [1.165, 1.54) is 6.07 Å². The lowest BCUT2D eigenvalue weighted by molar-refractivity contribution is 0.516. The minimum atomic E-state index is -0.292. The minimum absolute atomic E-state index is 0.0608. The quantitative estimate of drug-likeness (QED) is 0.914. The lowest BCUT2D eigenvalue weighted by atomic mass is 10.0. The number of hydrogen-bond acceptors (Lipinski definition) is 3. The van der Waals surface area contributed by atoms with Gasteiger partial charge >= 0.3 is 0 Å². The van der Waals surface area contributed by atoms with Gasteiger partial charge in [0.1, 0.15) is 5.82 Å². The van der Waals surface area contributed by atoms with Crippen molar-refractivity contribution < 1.29 is 4.39 Å². The summed E-state index contributed by atoms with van der Waals surface area (Å²) in [5, 5.41) is 3.69. The summed E-state index contributed by atoms with van der Waals surface area (Å²) in [7, 11) is 0. The van der Waals surface area contributed by atoms with E-state index in [0.717, 1.165) is 12.2 Å². The fourth-order valence-corrected chi connectivity index (χ4v) is 2.08. The first-order chi connectivity index (χ1) is 9.20. The lowest BCUT2D eigenvalue weighted by Crippen LogP contribution is -2.24. The molecule has 1 aromatic heterocycles. The smallest absolute Gasteiger partial charge is 0.127 e. The van der Waals surface area contributed by atoms with Crippen LogP contribution in [0.25, 0.3) is 0 Å². The summed E-state index contributed by atoms with van der Waals surface area (Å²) in [6.45, 7) is 2.78. The predicted octanol–water partition coefficient (Wildman–Crippen LogP) is 3.16. The summed E-state index contributed by atoms with van der Waals surface area (Å²) in [6.07, 6.45) is 5.46. The van der Waals surface area contributed by atoms with Crippen molar-refractivity contribution in [2.45, 2.75) is 19.4 Å². The SMILES string of the molecule is CCNC(Cc1ccc(Cl)cc1F)c1cnccn1. The first-order valence-corrected chi connectivity index (χ1v) is 6.51. The molecule has 0 amide bonds. The second-order valence-corrected chi connectivity index (χ2v) is 4.62. The van der Waals surface area contributed by atoms with Crippen LogP contribution in [0.3, 0.4) is 0 Å². The molecular weight excluding hydrogens is 265 g/mol. The minimum Gasteiger partial charge on any atom is -0.309 e. The van der Waals surface area contributed by atoms with Crippen LogP contribution in [0, 0.1) is 5.82 Å². The number of hydrogen-bond donors (Lipinski definition) is 1. The third-order valence-electron chi connectivity index (χ3n) is 2.83. The fourth-order valence-electron chi connectivity index (χ4n) is 1.93. The van der Waals surface area contributed by atoms with Crippen LogP contribution >= 0.6 is 11.6 Å². The van der Waals surface area contributed by atoms with Crippen molar-refractivity contribution in [3.05, 3.63) is 58.9 Å². The molecule has 2 rings (SSSR count). The molecule has 0 saturated carbocycles. The van der Waals surface area contributed by atoms with Crippen molar-refractivity contribution in [1.29, 1.82) is 0 Å². The van der Waals surface area contributed by atoms with Gasteiger partial charge in [0.15, 0.2) is 0 Å². The van der Waals surface area contributed by atoms with Crippen molar-refractivity contribution in [3.63, 3.8) is 0 Å². The van der Waals surface area contributed by atoms with E-state index in [1.54, 1.807) is 30.7 Å². The molecule has 0 radical (unpaired) electrons. The largest absolute Gasteiger partial charge is 0.309 e. The normalized spacial score (nSPS) is 12.4. The number of nitrogens with zero attached hydrogens (tertiary/aromatic N) is 2. The van der Waals surface area contributed by atoms with E-state index < -0.39 is 0 Å². The number of nitrogens with one attached hydrogen (secondary N) is 1. The monoisotopic (exact) mass is 279 g/mol. The van der Waals surface area contributed by atoms with Gasteiger partial charge in [-0.3, -0.25) is 9.97 Å². The topological polar surface area (TPSA) is 37.8 Å². The van der Waals surface area contributed by atoms with Crippen LogP contribution in [-0.2, 0) is 6.42 Å². The Bertz CT molecular complexity index is 533. The van der Waals surface area contributed by atoms with Gasteiger partial charge in [-0.1, -0.05) is 24.6 Å². The molecule has 0 aliphatic rings. The van der Waals surface area contributed by atoms with Crippen LogP contribution in [0.2, 0.25) is 5.02 Å². The number of benzene rings is 1. The Hall–Kier alpha value is -1.52. The maximum Gasteiger partial charge on any atom is 0.127 e. The Morgan fingerprint density at radius 1 is 1.37 bits per heavy atom. The fraction of sp³-hybridized carbons (Fsp3) is 0.286. The number of aromatic nitrogens is 2. The molecule has 0 aliphatic carbocycles. The Morgan fingerprint density at radius 3 is 2.84 bits per heavy atom. The van der Waals surface area contributed by atoms with Crippen molar-refractivity contribution in [1.82, 2.24) is 15.3 Å². The maximum absolute atomic E-state index is 13.8. The third kappa shape index (κ3) is 3.72. The summed E-state index contributed by atoms with van der Waals surface area (Å²) >= 11 is 5.75. The molecule has 0 saturated heterocycles. The highest BCUT2D eigenvalue weighted by Crippen LogP contribution is 2.20. The lowest BCUT2D eigenvalue weighted by Gasteiger charge is -2.17. The molecule has 5 heteroatoms. The van der Waals surface area contributed by atoms with Gasteiger partial charge in [0.25, 0.3) is 0 Å². The van der Waals surface area contributed by atoms with Crippen molar-refractivity contribution >= 4 is 11.6 Å². The average Bonchev–Trinajstić information content (AvgIpc) is 2.42. The van der Waals surface area contributed by atoms with E-state index >= 15 is 0 Å². The van der Waals surface area contributed by atoms with E-state index in [-0.39, 0.29) is 11.9 Å². The third-order valence-corrected chi connectivity index (χ3v) is 3.06. The molecule has 1 aromatic carbocycles. The highest BCUT2D eigenvalue weighted by molar-refractivity contribution is 6.30. The Labute approximate surface area is 116 Å². The van der Waals surface area contributed by atoms with E-state index in [1.807, 2.05) is 6.92 Å². The van der Waals surface area contributed by atoms with Crippen LogP contribution in [-0.4, -0.2) is 16.5 Å². The molecule has 2 aromatic rings. The zero-order valence-electron chi connectivity index (χ0n) is 10.6. The van der Waals surface area contributed by atoms with E-state index in [0.29, 0.717) is 17.0 Å². The number of halogens is 2. The molecule has 0 fully saturated rings. The molecule has 0 spiro atoms. The molecule has 0 bridgehead atoms. The standard InChI is InChI=1S/C14H15ClFN3/c1-2-18-13(14-9-17-5-6-19-14)7-10-3-4-11(15)8-12(10)16/h3-6,8-9,13,18H,2,7H2,1H3. The summed E-state index contributed by atoms with van der Waals surface area (Å²) < 4.78 is 13.8. The van der Waals surface area contributed by atoms with Gasteiger partial charge in [-0.15, -0.1) is 0 Å². The molecular formula is C14H15ClFN3. The molecule has 3 nitrogen and oxygen atoms in total. The van der Waals surface area contributed by atoms with E-state index in [4.69, 9.17) is 11.6 Å². The zero-order chi connectivity index (χ0) is 13.7. The second kappa shape index (κ2) is 6.59. The first-order valence-electron chi connectivity index (χ1n) is 6.14. The van der Waals surface area contributed by atoms with Gasteiger partial charge < -0.3 is 5.32 Å². The van der Waals surface area contributed by atoms with Gasteiger partial charge in [-0.2, -0.15) is 0 Å². The molecule has 1 heterocycles. The Morgan fingerprint density at radius 2 is 2.21 bits per heavy atom. The van der Waals surface area contributed by atoms with E-state index in [2.05, 4.69) is 15.3 Å². The second-order valence-electron chi connectivity index (χ2n) is 4.18. The van der Waals surface area contributed by atoms with Crippen LogP contribution in [0.15, 0.2) is 36.8 Å². The van der Waals surface area contributed by atoms with Crippen molar-refractivity contribution in [2.75, 3.05) is 6.54 Å². The first kappa shape index (κ1) is 13.9. The van der Waals surface area contributed by atoms with E-state index in [9.17, 15) is 4.39 Å². The predicted molar refractivity (Wildman–Crippen MR) is 73.6 cm³/mol. The summed E-state index contributed by atoms with van der Waals surface area (Å²) in [5.74, 6) is -0.292. The highest BCUT2D eigenvalue weighted by atomic mass is 35.5. The molecule has 100 valence electrons. The van der Waals surface area contributed by atoms with Crippen LogP contribution in [0.1, 0.15) is 24.2 Å². The van der Waals surface area contributed by atoms with Crippen molar-refractivity contribution in [2.24, 2.45) is 0 Å². The molecule has 1 unspecified atom stereocenters. The highest BCUT2D eigenvalue weighted by Gasteiger charge is 2.15. The average molecular weight is 280 g/mol. The number of rotatable bonds is 5. The molecule has 0 aliphatic heterocycles. The molecule has 19 heavy (non-hydrogen) atoms. The van der Waals surface area contributed by atoms with Crippen molar-refractivity contribution in [3.8, 4) is 0 Å². The van der Waals surface area contributed by atoms with Gasteiger partial charge in [0.05, 0.1) is 11.7 Å².